The van der Waals surface area contributed by atoms with E-state index in [9.17, 15) is 4.79 Å². The Bertz CT molecular complexity index is 445. The minimum absolute atomic E-state index is 0.0371. The van der Waals surface area contributed by atoms with E-state index in [1.54, 1.807) is 7.11 Å². The van der Waals surface area contributed by atoms with Crippen LogP contribution in [-0.2, 0) is 22.6 Å². The summed E-state index contributed by atoms with van der Waals surface area (Å²) in [6.07, 6.45) is 0.922. The molecule has 1 aliphatic rings. The lowest BCUT2D eigenvalue weighted by molar-refractivity contribution is -0.135. The molecule has 1 aromatic rings. The first-order valence-corrected chi connectivity index (χ1v) is 6.29. The van der Waals surface area contributed by atoms with Crippen LogP contribution in [0.4, 0.5) is 0 Å². The van der Waals surface area contributed by atoms with E-state index in [-0.39, 0.29) is 18.6 Å². The van der Waals surface area contributed by atoms with Crippen molar-refractivity contribution in [3.8, 4) is 0 Å². The van der Waals surface area contributed by atoms with Gasteiger partial charge in [-0.1, -0.05) is 25.1 Å². The van der Waals surface area contributed by atoms with E-state index in [4.69, 9.17) is 10.5 Å². The summed E-state index contributed by atoms with van der Waals surface area (Å²) in [5, 5.41) is 0. The summed E-state index contributed by atoms with van der Waals surface area (Å²) in [7, 11) is 1.54. The fraction of sp³-hybridized carbons (Fsp3) is 0.500. The minimum atomic E-state index is 0.0371. The average Bonchev–Trinajstić information content (AvgIpc) is 2.80. The molecule has 0 saturated carbocycles. The SMILES string of the molecule is CCC(N)c1ccc2c(c1)CN(C(=O)COC)C2. The molecule has 1 heterocycles. The molecule has 0 aliphatic carbocycles. The molecule has 0 bridgehead atoms. The van der Waals surface area contributed by atoms with E-state index in [1.807, 2.05) is 4.90 Å². The van der Waals surface area contributed by atoms with Crippen molar-refractivity contribution in [1.29, 1.82) is 0 Å². The van der Waals surface area contributed by atoms with Gasteiger partial charge in [-0.3, -0.25) is 4.79 Å². The van der Waals surface area contributed by atoms with Crippen molar-refractivity contribution in [1.82, 2.24) is 4.90 Å². The Hall–Kier alpha value is -1.39. The highest BCUT2D eigenvalue weighted by molar-refractivity contribution is 5.78. The van der Waals surface area contributed by atoms with Gasteiger partial charge >= 0.3 is 0 Å². The fourth-order valence-electron chi connectivity index (χ4n) is 2.27. The summed E-state index contributed by atoms with van der Waals surface area (Å²) in [4.78, 5) is 13.6. The largest absolute Gasteiger partial charge is 0.375 e. The summed E-state index contributed by atoms with van der Waals surface area (Å²) in [6, 6.07) is 6.36. The first-order valence-electron chi connectivity index (χ1n) is 6.29. The second-order valence-electron chi connectivity index (χ2n) is 4.73. The maximum Gasteiger partial charge on any atom is 0.249 e. The van der Waals surface area contributed by atoms with Crippen LogP contribution >= 0.6 is 0 Å². The quantitative estimate of drug-likeness (QED) is 0.880. The molecule has 0 aromatic heterocycles. The van der Waals surface area contributed by atoms with E-state index in [2.05, 4.69) is 25.1 Å². The van der Waals surface area contributed by atoms with Crippen LogP contribution in [0.5, 0.6) is 0 Å². The molecule has 1 atom stereocenters. The van der Waals surface area contributed by atoms with E-state index in [1.165, 1.54) is 11.1 Å². The molecule has 1 aliphatic heterocycles. The molecule has 4 nitrogen and oxygen atoms in total. The van der Waals surface area contributed by atoms with Gasteiger partial charge in [0.15, 0.2) is 0 Å². The molecule has 2 rings (SSSR count). The highest BCUT2D eigenvalue weighted by Crippen LogP contribution is 2.26. The molecule has 0 fully saturated rings. The smallest absolute Gasteiger partial charge is 0.249 e. The molecule has 0 spiro atoms. The molecule has 18 heavy (non-hydrogen) atoms. The first-order chi connectivity index (χ1) is 8.65. The summed E-state index contributed by atoms with van der Waals surface area (Å²) < 4.78 is 4.88. The maximum atomic E-state index is 11.8. The van der Waals surface area contributed by atoms with Gasteiger partial charge in [-0.15, -0.1) is 0 Å². The van der Waals surface area contributed by atoms with E-state index in [0.717, 1.165) is 12.0 Å². The summed E-state index contributed by atoms with van der Waals surface area (Å²) >= 11 is 0. The zero-order valence-corrected chi connectivity index (χ0v) is 11.0. The van der Waals surface area contributed by atoms with Crippen LogP contribution in [0.2, 0.25) is 0 Å². The van der Waals surface area contributed by atoms with E-state index < -0.39 is 0 Å². The predicted molar refractivity (Wildman–Crippen MR) is 69.8 cm³/mol. The topological polar surface area (TPSA) is 55.6 Å². The molecule has 1 aromatic carbocycles. The van der Waals surface area contributed by atoms with Crippen LogP contribution in [0.3, 0.4) is 0 Å². The Morgan fingerprint density at radius 2 is 2.17 bits per heavy atom. The van der Waals surface area contributed by atoms with Crippen molar-refractivity contribution >= 4 is 5.91 Å². The van der Waals surface area contributed by atoms with Gasteiger partial charge in [-0.2, -0.15) is 0 Å². The van der Waals surface area contributed by atoms with Crippen LogP contribution in [-0.4, -0.2) is 24.5 Å². The molecule has 98 valence electrons. The lowest BCUT2D eigenvalue weighted by Gasteiger charge is -2.14. The predicted octanol–water partition coefficient (Wildman–Crippen LogP) is 1.58. The maximum absolute atomic E-state index is 11.8. The van der Waals surface area contributed by atoms with Gasteiger partial charge in [0.1, 0.15) is 6.61 Å². The Balaban J connectivity index is 2.12. The Labute approximate surface area is 108 Å². The number of carbonyl (C=O) groups is 1. The van der Waals surface area contributed by atoms with Gasteiger partial charge in [0.05, 0.1) is 0 Å². The third-order valence-corrected chi connectivity index (χ3v) is 3.44. The molecule has 1 unspecified atom stereocenters. The van der Waals surface area contributed by atoms with Crippen LogP contribution < -0.4 is 5.73 Å². The summed E-state index contributed by atoms with van der Waals surface area (Å²) in [6.45, 7) is 3.57. The number of amides is 1. The molecule has 1 amide bonds. The number of hydrogen-bond donors (Lipinski definition) is 1. The van der Waals surface area contributed by atoms with Gasteiger partial charge in [-0.05, 0) is 23.1 Å². The molecule has 0 radical (unpaired) electrons. The van der Waals surface area contributed by atoms with Crippen molar-refractivity contribution in [3.05, 3.63) is 34.9 Å². The minimum Gasteiger partial charge on any atom is -0.375 e. The zero-order chi connectivity index (χ0) is 13.1. The van der Waals surface area contributed by atoms with Crippen LogP contribution in [0, 0.1) is 0 Å². The van der Waals surface area contributed by atoms with Crippen LogP contribution in [0.15, 0.2) is 18.2 Å². The van der Waals surface area contributed by atoms with Crippen molar-refractivity contribution < 1.29 is 9.53 Å². The zero-order valence-electron chi connectivity index (χ0n) is 11.0. The number of nitrogens with zero attached hydrogens (tertiary/aromatic N) is 1. The second kappa shape index (κ2) is 5.50. The third-order valence-electron chi connectivity index (χ3n) is 3.44. The van der Waals surface area contributed by atoms with Crippen molar-refractivity contribution in [2.75, 3.05) is 13.7 Å². The van der Waals surface area contributed by atoms with Gasteiger partial charge in [-0.25, -0.2) is 0 Å². The normalized spacial score (nSPS) is 15.6. The first kappa shape index (κ1) is 13.1. The Kier molecular flexibility index (Phi) is 3.99. The number of carbonyl (C=O) groups excluding carboxylic acids is 1. The Morgan fingerprint density at radius 3 is 2.83 bits per heavy atom. The molecule has 0 saturated heterocycles. The number of hydrogen-bond acceptors (Lipinski definition) is 3. The van der Waals surface area contributed by atoms with Crippen molar-refractivity contribution in [2.45, 2.75) is 32.5 Å². The van der Waals surface area contributed by atoms with Gasteiger partial charge in [0.25, 0.3) is 0 Å². The molecular formula is C14H20N2O2. The number of nitrogens with two attached hydrogens (primary N) is 1. The van der Waals surface area contributed by atoms with Gasteiger partial charge < -0.3 is 15.4 Å². The van der Waals surface area contributed by atoms with E-state index in [0.29, 0.717) is 13.1 Å². The molecule has 4 heteroatoms. The molecule has 2 N–H and O–H groups in total. The average molecular weight is 248 g/mol. The summed E-state index contributed by atoms with van der Waals surface area (Å²) in [5.41, 5.74) is 9.60. The molecular weight excluding hydrogens is 228 g/mol. The number of fused-ring (bicyclic) bond motifs is 1. The van der Waals surface area contributed by atoms with Gasteiger partial charge in [0, 0.05) is 26.2 Å². The number of benzene rings is 1. The van der Waals surface area contributed by atoms with Crippen molar-refractivity contribution in [2.24, 2.45) is 5.73 Å². The second-order valence-corrected chi connectivity index (χ2v) is 4.73. The summed E-state index contributed by atoms with van der Waals surface area (Å²) in [5.74, 6) is 0.0371. The number of methoxy groups -OCH3 is 1. The van der Waals surface area contributed by atoms with Crippen molar-refractivity contribution in [3.63, 3.8) is 0 Å². The standard InChI is InChI=1S/C14H20N2O2/c1-3-13(15)10-4-5-11-7-16(8-12(11)6-10)14(17)9-18-2/h4-6,13H,3,7-9,15H2,1-2H3. The number of ether oxygens (including phenoxy) is 1. The van der Waals surface area contributed by atoms with Crippen LogP contribution in [0.1, 0.15) is 36.1 Å². The highest BCUT2D eigenvalue weighted by atomic mass is 16.5. The van der Waals surface area contributed by atoms with Crippen LogP contribution in [0.25, 0.3) is 0 Å². The highest BCUT2D eigenvalue weighted by Gasteiger charge is 2.23. The third kappa shape index (κ3) is 2.54. The van der Waals surface area contributed by atoms with Gasteiger partial charge in [0.2, 0.25) is 5.91 Å². The monoisotopic (exact) mass is 248 g/mol. The Morgan fingerprint density at radius 1 is 1.44 bits per heavy atom. The van der Waals surface area contributed by atoms with E-state index >= 15 is 0 Å². The fourth-order valence-corrected chi connectivity index (χ4v) is 2.27. The number of rotatable bonds is 4. The lowest BCUT2D eigenvalue weighted by atomic mass is 10.0. The lowest BCUT2D eigenvalue weighted by Crippen LogP contribution is -2.28.